The third kappa shape index (κ3) is 4.05. The number of amides is 1. The second-order valence-corrected chi connectivity index (χ2v) is 5.86. The molecule has 1 unspecified atom stereocenters. The highest BCUT2D eigenvalue weighted by Gasteiger charge is 2.11. The molecule has 6 heteroatoms. The molecule has 0 spiro atoms. The first-order valence-corrected chi connectivity index (χ1v) is 7.81. The van der Waals surface area contributed by atoms with Crippen molar-refractivity contribution in [2.24, 2.45) is 0 Å². The molecule has 1 atom stereocenters. The van der Waals surface area contributed by atoms with Crippen LogP contribution in [-0.4, -0.2) is 22.8 Å². The van der Waals surface area contributed by atoms with Gasteiger partial charge in [-0.05, 0) is 30.5 Å². The van der Waals surface area contributed by atoms with Crippen LogP contribution in [0.1, 0.15) is 12.5 Å². The van der Waals surface area contributed by atoms with Gasteiger partial charge in [-0.25, -0.2) is 13.7 Å². The smallest absolute Gasteiger partial charge is 0.418 e. The summed E-state index contributed by atoms with van der Waals surface area (Å²) in [5, 5.41) is 0.719. The fourth-order valence-corrected chi connectivity index (χ4v) is 2.55. The van der Waals surface area contributed by atoms with Crippen molar-refractivity contribution in [2.75, 3.05) is 6.61 Å². The Morgan fingerprint density at radius 3 is 2.53 bits per heavy atom. The molecule has 1 aromatic carbocycles. The number of ether oxygens (including phenoxy) is 1. The van der Waals surface area contributed by atoms with Gasteiger partial charge in [-0.15, -0.1) is 0 Å². The van der Waals surface area contributed by atoms with Gasteiger partial charge in [0.2, 0.25) is 0 Å². The third-order valence-corrected chi connectivity index (χ3v) is 4.16. The van der Waals surface area contributed by atoms with E-state index in [4.69, 9.17) is 0 Å². The minimum absolute atomic E-state index is 0.226. The molecule has 4 nitrogen and oxygen atoms in total. The summed E-state index contributed by atoms with van der Waals surface area (Å²) in [4.78, 5) is 11.7. The van der Waals surface area contributed by atoms with Crippen molar-refractivity contribution in [2.45, 2.75) is 17.1 Å². The number of benzene rings is 1. The summed E-state index contributed by atoms with van der Waals surface area (Å²) in [7, 11) is -2.85. The Hall–Kier alpha value is -1.01. The minimum Gasteiger partial charge on any atom is -0.449 e. The van der Waals surface area contributed by atoms with Gasteiger partial charge in [-0.3, -0.25) is 0 Å². The van der Waals surface area contributed by atoms with Crippen molar-refractivity contribution >= 4 is 37.6 Å². The van der Waals surface area contributed by atoms with E-state index in [2.05, 4.69) is 31.3 Å². The largest absolute Gasteiger partial charge is 0.449 e. The van der Waals surface area contributed by atoms with Crippen LogP contribution in [-0.2, 0) is 19.8 Å². The fraction of sp³-hybridized carbons (Fsp3) is 0.273. The summed E-state index contributed by atoms with van der Waals surface area (Å²) in [5.74, 6) is 3.52. The Bertz CT molecular complexity index is 482. The van der Waals surface area contributed by atoms with Crippen molar-refractivity contribution in [3.05, 3.63) is 29.8 Å². The van der Waals surface area contributed by atoms with Crippen molar-refractivity contribution in [3.63, 3.8) is 0 Å². The Morgan fingerprint density at radius 2 is 2.06 bits per heavy atom. The van der Waals surface area contributed by atoms with E-state index in [1.54, 1.807) is 19.1 Å². The first-order valence-electron chi connectivity index (χ1n) is 4.96. The van der Waals surface area contributed by atoms with Crippen molar-refractivity contribution in [3.8, 4) is 0 Å². The van der Waals surface area contributed by atoms with E-state index in [0.717, 1.165) is 10.9 Å². The predicted octanol–water partition coefficient (Wildman–Crippen LogP) is 2.32. The highest BCUT2D eigenvalue weighted by atomic mass is 79.9. The van der Waals surface area contributed by atoms with Gasteiger partial charge in [-0.2, -0.15) is 0 Å². The van der Waals surface area contributed by atoms with Gasteiger partial charge in [0.25, 0.3) is 0 Å². The number of nitrogens with one attached hydrogen (secondary N) is 1. The van der Waals surface area contributed by atoms with Crippen molar-refractivity contribution in [1.29, 1.82) is 0 Å². The molecule has 0 aliphatic heterocycles. The Balaban J connectivity index is 2.85. The average Bonchev–Trinajstić information content (AvgIpc) is 2.28. The van der Waals surface area contributed by atoms with E-state index in [1.165, 1.54) is 0 Å². The Morgan fingerprint density at radius 1 is 1.47 bits per heavy atom. The van der Waals surface area contributed by atoms with Crippen molar-refractivity contribution in [1.82, 2.24) is 4.72 Å². The van der Waals surface area contributed by atoms with Gasteiger partial charge in [0.05, 0.1) is 16.3 Å². The zero-order chi connectivity index (χ0) is 12.9. The number of alkyl halides is 1. The highest BCUT2D eigenvalue weighted by Crippen LogP contribution is 2.12. The minimum atomic E-state index is -2.85. The summed E-state index contributed by atoms with van der Waals surface area (Å²) >= 11 is 3.32. The molecule has 0 saturated heterocycles. The molecule has 0 heterocycles. The Kier molecular flexibility index (Phi) is 5.02. The molecule has 1 aromatic rings. The molecular formula is C11H14BrNO3S. The summed E-state index contributed by atoms with van der Waals surface area (Å²) < 4.78 is 19.1. The quantitative estimate of drug-likeness (QED) is 0.684. The number of hydrogen-bond donors (Lipinski definition) is 1. The average molecular weight is 320 g/mol. The van der Waals surface area contributed by atoms with Gasteiger partial charge in [0, 0.05) is 10.2 Å². The molecule has 1 amide bonds. The first-order chi connectivity index (χ1) is 7.99. The molecule has 0 bridgehead atoms. The second kappa shape index (κ2) is 6.07. The maximum absolute atomic E-state index is 12.1. The number of hydrogen-bond acceptors (Lipinski definition) is 3. The number of carbonyl (C=O) groups is 1. The van der Waals surface area contributed by atoms with Gasteiger partial charge in [0.15, 0.2) is 0 Å². The van der Waals surface area contributed by atoms with Crippen molar-refractivity contribution < 1.29 is 13.7 Å². The van der Waals surface area contributed by atoms with E-state index in [0.29, 0.717) is 4.90 Å². The molecule has 0 radical (unpaired) electrons. The van der Waals surface area contributed by atoms with Crippen LogP contribution in [0.2, 0.25) is 0 Å². The second-order valence-electron chi connectivity index (χ2n) is 3.28. The van der Waals surface area contributed by atoms with Crippen LogP contribution in [0.4, 0.5) is 4.79 Å². The number of halogens is 1. The van der Waals surface area contributed by atoms with Gasteiger partial charge < -0.3 is 4.74 Å². The summed E-state index contributed by atoms with van der Waals surface area (Å²) in [6, 6.07) is 7.00. The van der Waals surface area contributed by atoms with E-state index in [-0.39, 0.29) is 6.61 Å². The van der Waals surface area contributed by atoms with Crippen LogP contribution in [0.25, 0.3) is 0 Å². The monoisotopic (exact) mass is 319 g/mol. The lowest BCUT2D eigenvalue weighted by Crippen LogP contribution is -2.30. The fourth-order valence-electron chi connectivity index (χ4n) is 1.15. The van der Waals surface area contributed by atoms with Gasteiger partial charge in [-0.1, -0.05) is 28.1 Å². The molecular weight excluding hydrogens is 306 g/mol. The predicted molar refractivity (Wildman–Crippen MR) is 72.8 cm³/mol. The molecule has 0 aliphatic carbocycles. The number of carbonyl (C=O) groups excluding carboxylic acids is 1. The van der Waals surface area contributed by atoms with E-state index < -0.39 is 15.8 Å². The molecule has 0 fully saturated rings. The topological polar surface area (TPSA) is 55.4 Å². The van der Waals surface area contributed by atoms with Crippen LogP contribution in [0, 0.1) is 0 Å². The van der Waals surface area contributed by atoms with E-state index in [1.807, 2.05) is 12.1 Å². The standard InChI is InChI=1S/C11H14BrNO3S/c1-3-16-11(14)13-17(2,15)10-6-4-9(8-12)5-7-10/h4-7H,2-3,8H2,1H3,(H,13,14,15). The molecule has 0 aromatic heterocycles. The Labute approximate surface area is 110 Å². The summed E-state index contributed by atoms with van der Waals surface area (Å²) in [5.41, 5.74) is 1.06. The third-order valence-electron chi connectivity index (χ3n) is 1.98. The molecule has 0 saturated carbocycles. The zero-order valence-electron chi connectivity index (χ0n) is 9.44. The van der Waals surface area contributed by atoms with Gasteiger partial charge in [0.1, 0.15) is 0 Å². The lowest BCUT2D eigenvalue weighted by molar-refractivity contribution is 0.159. The van der Waals surface area contributed by atoms with E-state index >= 15 is 0 Å². The molecule has 0 aliphatic rings. The molecule has 1 rings (SSSR count). The van der Waals surface area contributed by atoms with Crippen LogP contribution in [0.5, 0.6) is 0 Å². The first kappa shape index (κ1) is 14.1. The lowest BCUT2D eigenvalue weighted by Gasteiger charge is -2.11. The van der Waals surface area contributed by atoms with Crippen LogP contribution in [0.3, 0.4) is 0 Å². The maximum atomic E-state index is 12.1. The number of rotatable bonds is 4. The van der Waals surface area contributed by atoms with Crippen LogP contribution >= 0.6 is 15.9 Å². The maximum Gasteiger partial charge on any atom is 0.418 e. The normalized spacial score (nSPS) is 13.8. The lowest BCUT2D eigenvalue weighted by atomic mass is 10.2. The summed E-state index contributed by atoms with van der Waals surface area (Å²) in [6.45, 7) is 1.90. The zero-order valence-corrected chi connectivity index (χ0v) is 11.8. The molecule has 17 heavy (non-hydrogen) atoms. The van der Waals surface area contributed by atoms with Crippen LogP contribution < -0.4 is 4.72 Å². The van der Waals surface area contributed by atoms with E-state index in [9.17, 15) is 9.00 Å². The van der Waals surface area contributed by atoms with Crippen LogP contribution in [0.15, 0.2) is 29.2 Å². The molecule has 1 N–H and O–H groups in total. The highest BCUT2D eigenvalue weighted by molar-refractivity contribution is 9.08. The van der Waals surface area contributed by atoms with Gasteiger partial charge >= 0.3 is 6.09 Å². The SMILES string of the molecule is C=S(=O)(NC(=O)OCC)c1ccc(CBr)cc1. The summed E-state index contributed by atoms with van der Waals surface area (Å²) in [6.07, 6.45) is -0.725. The molecule has 94 valence electrons.